The number of rotatable bonds is 6. The van der Waals surface area contributed by atoms with Gasteiger partial charge in [0.25, 0.3) is 0 Å². The van der Waals surface area contributed by atoms with Gasteiger partial charge in [-0.1, -0.05) is 6.92 Å². The van der Waals surface area contributed by atoms with Crippen LogP contribution < -0.4 is 9.47 Å². The first-order valence-corrected chi connectivity index (χ1v) is 8.28. The molecule has 1 fully saturated rings. The fourth-order valence-electron chi connectivity index (χ4n) is 3.51. The lowest BCUT2D eigenvalue weighted by molar-refractivity contribution is 0.0197. The Morgan fingerprint density at radius 2 is 1.96 bits per heavy atom. The van der Waals surface area contributed by atoms with E-state index >= 15 is 0 Å². The van der Waals surface area contributed by atoms with Crippen molar-refractivity contribution in [3.63, 3.8) is 0 Å². The van der Waals surface area contributed by atoms with Crippen molar-refractivity contribution in [2.24, 2.45) is 0 Å². The number of carbonyl (C=O) groups is 1. The molecule has 0 aliphatic carbocycles. The summed E-state index contributed by atoms with van der Waals surface area (Å²) in [6, 6.07) is 3.31. The second-order valence-electron chi connectivity index (χ2n) is 6.76. The van der Waals surface area contributed by atoms with E-state index in [1.54, 1.807) is 19.2 Å². The number of piperazine rings is 1. The van der Waals surface area contributed by atoms with Crippen LogP contribution in [0.2, 0.25) is 0 Å². The van der Waals surface area contributed by atoms with Crippen molar-refractivity contribution < 1.29 is 19.4 Å². The summed E-state index contributed by atoms with van der Waals surface area (Å²) >= 11 is 0. The van der Waals surface area contributed by atoms with E-state index in [1.165, 1.54) is 7.11 Å². The summed E-state index contributed by atoms with van der Waals surface area (Å²) in [5.41, 5.74) is 1.00. The van der Waals surface area contributed by atoms with Crippen molar-refractivity contribution in [3.8, 4) is 11.5 Å². The Bertz CT molecular complexity index is 601. The standard InChI is InChI=1S/C18H28N2O4/c1-6-20-8-7-19(12-18(20,2)3)11-15-14(17(21)22)9-13(23-4)10-16(15)24-5/h9-10H,6-8,11-12H2,1-5H3,(H,21,22). The molecule has 1 aliphatic rings. The summed E-state index contributed by atoms with van der Waals surface area (Å²) in [4.78, 5) is 16.4. The number of nitrogens with zero attached hydrogens (tertiary/aromatic N) is 2. The molecule has 0 bridgehead atoms. The molecule has 0 saturated carbocycles. The number of benzene rings is 1. The third-order valence-electron chi connectivity index (χ3n) is 4.78. The minimum atomic E-state index is -0.964. The molecule has 0 radical (unpaired) electrons. The Hall–Kier alpha value is -1.79. The molecule has 0 aromatic heterocycles. The molecule has 1 aromatic carbocycles. The van der Waals surface area contributed by atoms with Gasteiger partial charge in [-0.05, 0) is 26.5 Å². The molecule has 0 spiro atoms. The van der Waals surface area contributed by atoms with Crippen LogP contribution in [0.3, 0.4) is 0 Å². The summed E-state index contributed by atoms with van der Waals surface area (Å²) in [5.74, 6) is 0.0836. The van der Waals surface area contributed by atoms with Gasteiger partial charge in [0.1, 0.15) is 11.5 Å². The Morgan fingerprint density at radius 3 is 2.46 bits per heavy atom. The molecule has 134 valence electrons. The van der Waals surface area contributed by atoms with Crippen molar-refractivity contribution >= 4 is 5.97 Å². The van der Waals surface area contributed by atoms with Gasteiger partial charge in [0.15, 0.2) is 0 Å². The molecule has 1 heterocycles. The number of ether oxygens (including phenoxy) is 2. The molecule has 0 amide bonds. The van der Waals surface area contributed by atoms with Crippen LogP contribution in [-0.4, -0.2) is 66.8 Å². The zero-order chi connectivity index (χ0) is 17.9. The predicted molar refractivity (Wildman–Crippen MR) is 93.1 cm³/mol. The Balaban J connectivity index is 2.30. The molecule has 1 saturated heterocycles. The van der Waals surface area contributed by atoms with Crippen LogP contribution in [0.15, 0.2) is 12.1 Å². The fourth-order valence-corrected chi connectivity index (χ4v) is 3.51. The maximum atomic E-state index is 11.7. The third-order valence-corrected chi connectivity index (χ3v) is 4.78. The molecule has 0 unspecified atom stereocenters. The molecule has 6 heteroatoms. The smallest absolute Gasteiger partial charge is 0.336 e. The number of carboxylic acid groups (broad SMARTS) is 1. The number of aromatic carboxylic acids is 1. The monoisotopic (exact) mass is 336 g/mol. The normalized spacial score (nSPS) is 18.4. The summed E-state index contributed by atoms with van der Waals surface area (Å²) in [6.07, 6.45) is 0. The Morgan fingerprint density at radius 1 is 1.25 bits per heavy atom. The quantitative estimate of drug-likeness (QED) is 0.860. The molecule has 0 atom stereocenters. The highest BCUT2D eigenvalue weighted by Crippen LogP contribution is 2.31. The second-order valence-corrected chi connectivity index (χ2v) is 6.76. The van der Waals surface area contributed by atoms with E-state index in [4.69, 9.17) is 9.47 Å². The molecular weight excluding hydrogens is 308 g/mol. The van der Waals surface area contributed by atoms with Crippen molar-refractivity contribution in [1.82, 2.24) is 9.80 Å². The largest absolute Gasteiger partial charge is 0.497 e. The molecule has 24 heavy (non-hydrogen) atoms. The number of likely N-dealkylation sites (N-methyl/N-ethyl adjacent to an activating group) is 1. The first-order chi connectivity index (χ1) is 11.3. The van der Waals surface area contributed by atoms with E-state index in [0.29, 0.717) is 23.6 Å². The van der Waals surface area contributed by atoms with Crippen LogP contribution in [0.25, 0.3) is 0 Å². The SMILES string of the molecule is CCN1CCN(Cc2c(OC)cc(OC)cc2C(=O)O)CC1(C)C. The lowest BCUT2D eigenvalue weighted by Gasteiger charge is -2.47. The van der Waals surface area contributed by atoms with E-state index < -0.39 is 5.97 Å². The average molecular weight is 336 g/mol. The average Bonchev–Trinajstić information content (AvgIpc) is 2.53. The minimum absolute atomic E-state index is 0.0656. The molecule has 1 aromatic rings. The lowest BCUT2D eigenvalue weighted by atomic mass is 9.97. The highest BCUT2D eigenvalue weighted by Gasteiger charge is 2.33. The molecular formula is C18H28N2O4. The topological polar surface area (TPSA) is 62.2 Å². The van der Waals surface area contributed by atoms with Crippen LogP contribution in [0.5, 0.6) is 11.5 Å². The van der Waals surface area contributed by atoms with E-state index in [-0.39, 0.29) is 11.1 Å². The first-order valence-electron chi connectivity index (χ1n) is 8.28. The first kappa shape index (κ1) is 18.5. The van der Waals surface area contributed by atoms with Gasteiger partial charge in [0, 0.05) is 43.3 Å². The van der Waals surface area contributed by atoms with Gasteiger partial charge in [-0.2, -0.15) is 0 Å². The summed E-state index contributed by atoms with van der Waals surface area (Å²) in [7, 11) is 3.08. The van der Waals surface area contributed by atoms with Crippen molar-refractivity contribution in [2.75, 3.05) is 40.4 Å². The van der Waals surface area contributed by atoms with Gasteiger partial charge in [0.05, 0.1) is 19.8 Å². The predicted octanol–water partition coefficient (Wildman–Crippen LogP) is 2.32. The zero-order valence-corrected chi connectivity index (χ0v) is 15.3. The van der Waals surface area contributed by atoms with E-state index in [1.807, 2.05) is 0 Å². The second kappa shape index (κ2) is 7.40. The van der Waals surface area contributed by atoms with Crippen molar-refractivity contribution in [2.45, 2.75) is 32.9 Å². The van der Waals surface area contributed by atoms with Gasteiger partial charge in [0.2, 0.25) is 0 Å². The highest BCUT2D eigenvalue weighted by atomic mass is 16.5. The summed E-state index contributed by atoms with van der Waals surface area (Å²) in [5, 5.41) is 9.58. The van der Waals surface area contributed by atoms with Crippen molar-refractivity contribution in [1.29, 1.82) is 0 Å². The molecule has 1 N–H and O–H groups in total. The zero-order valence-electron chi connectivity index (χ0n) is 15.3. The fraction of sp³-hybridized carbons (Fsp3) is 0.611. The van der Waals surface area contributed by atoms with Crippen LogP contribution in [0.1, 0.15) is 36.7 Å². The summed E-state index contributed by atoms with van der Waals surface area (Å²) in [6.45, 7) is 11.0. The summed E-state index contributed by atoms with van der Waals surface area (Å²) < 4.78 is 10.6. The third kappa shape index (κ3) is 3.82. The number of hydrogen-bond acceptors (Lipinski definition) is 5. The molecule has 6 nitrogen and oxygen atoms in total. The molecule has 2 rings (SSSR count). The number of methoxy groups -OCH3 is 2. The van der Waals surface area contributed by atoms with E-state index in [9.17, 15) is 9.90 Å². The van der Waals surface area contributed by atoms with Crippen LogP contribution in [0.4, 0.5) is 0 Å². The van der Waals surface area contributed by atoms with Gasteiger partial charge < -0.3 is 14.6 Å². The maximum absolute atomic E-state index is 11.7. The van der Waals surface area contributed by atoms with Gasteiger partial charge in [-0.3, -0.25) is 9.80 Å². The van der Waals surface area contributed by atoms with Crippen LogP contribution >= 0.6 is 0 Å². The van der Waals surface area contributed by atoms with E-state index in [2.05, 4.69) is 30.6 Å². The maximum Gasteiger partial charge on any atom is 0.336 e. The van der Waals surface area contributed by atoms with Gasteiger partial charge in [-0.25, -0.2) is 4.79 Å². The lowest BCUT2D eigenvalue weighted by Crippen LogP contribution is -2.58. The number of carboxylic acids is 1. The Labute approximate surface area is 144 Å². The Kier molecular flexibility index (Phi) is 5.72. The molecule has 1 aliphatic heterocycles. The van der Waals surface area contributed by atoms with Crippen molar-refractivity contribution in [3.05, 3.63) is 23.3 Å². The van der Waals surface area contributed by atoms with Gasteiger partial charge >= 0.3 is 5.97 Å². The number of hydrogen-bond donors (Lipinski definition) is 1. The van der Waals surface area contributed by atoms with E-state index in [0.717, 1.165) is 26.2 Å². The minimum Gasteiger partial charge on any atom is -0.497 e. The van der Waals surface area contributed by atoms with Gasteiger partial charge in [-0.15, -0.1) is 0 Å². The van der Waals surface area contributed by atoms with Crippen LogP contribution in [-0.2, 0) is 6.54 Å². The highest BCUT2D eigenvalue weighted by molar-refractivity contribution is 5.91. The van der Waals surface area contributed by atoms with Crippen LogP contribution in [0, 0.1) is 0 Å².